The summed E-state index contributed by atoms with van der Waals surface area (Å²) >= 11 is 0. The first-order valence-corrected chi connectivity index (χ1v) is 9.59. The third kappa shape index (κ3) is 4.20. The molecule has 2 aromatic carbocycles. The molecule has 0 aliphatic rings. The molecule has 0 spiro atoms. The summed E-state index contributed by atoms with van der Waals surface area (Å²) in [5, 5.41) is 7.74. The van der Waals surface area contributed by atoms with E-state index < -0.39 is 0 Å². The van der Waals surface area contributed by atoms with Crippen molar-refractivity contribution in [2.75, 3.05) is 24.3 Å². The van der Waals surface area contributed by atoms with Crippen molar-refractivity contribution in [1.82, 2.24) is 19.7 Å². The Labute approximate surface area is 175 Å². The number of nitrogens with zero attached hydrogens (tertiary/aromatic N) is 5. The van der Waals surface area contributed by atoms with Gasteiger partial charge in [0.15, 0.2) is 5.82 Å². The summed E-state index contributed by atoms with van der Waals surface area (Å²) in [6.45, 7) is 0.512. The number of hydrogen-bond acceptors (Lipinski definition) is 6. The van der Waals surface area contributed by atoms with E-state index in [9.17, 15) is 4.79 Å². The van der Waals surface area contributed by atoms with Crippen molar-refractivity contribution in [3.8, 4) is 11.4 Å². The molecule has 150 valence electrons. The second-order valence-corrected chi connectivity index (χ2v) is 7.00. The van der Waals surface area contributed by atoms with E-state index in [-0.39, 0.29) is 5.91 Å². The van der Waals surface area contributed by atoms with Gasteiger partial charge in [0.25, 0.3) is 5.91 Å². The zero-order valence-corrected chi connectivity index (χ0v) is 16.9. The first kappa shape index (κ1) is 19.3. The van der Waals surface area contributed by atoms with Crippen molar-refractivity contribution in [3.05, 3.63) is 90.3 Å². The van der Waals surface area contributed by atoms with Crippen molar-refractivity contribution in [3.63, 3.8) is 0 Å². The van der Waals surface area contributed by atoms with Crippen LogP contribution in [0.5, 0.6) is 0 Å². The average Bonchev–Trinajstić information content (AvgIpc) is 3.23. The number of hydrogen-bond donors (Lipinski definition) is 1. The maximum atomic E-state index is 13.1. The molecule has 2 heterocycles. The summed E-state index contributed by atoms with van der Waals surface area (Å²) in [6, 6.07) is 20.9. The molecule has 0 amide bonds. The van der Waals surface area contributed by atoms with Crippen LogP contribution in [-0.4, -0.2) is 39.8 Å². The number of benzene rings is 2. The monoisotopic (exact) mass is 398 g/mol. The molecule has 1 N–H and O–H groups in total. The van der Waals surface area contributed by atoms with Crippen LogP contribution in [0.15, 0.2) is 79.1 Å². The van der Waals surface area contributed by atoms with E-state index in [1.54, 1.807) is 24.5 Å². The van der Waals surface area contributed by atoms with Gasteiger partial charge in [-0.05, 0) is 42.0 Å². The molecule has 4 rings (SSSR count). The van der Waals surface area contributed by atoms with Crippen molar-refractivity contribution in [1.29, 1.82) is 0 Å². The fraction of sp³-hybridized carbons (Fsp3) is 0.130. The summed E-state index contributed by atoms with van der Waals surface area (Å²) in [4.78, 5) is 23.7. The quantitative estimate of drug-likeness (QED) is 0.534. The fourth-order valence-corrected chi connectivity index (χ4v) is 3.02. The molecular weight excluding hydrogens is 376 g/mol. The Morgan fingerprint density at radius 1 is 1.00 bits per heavy atom. The van der Waals surface area contributed by atoms with Crippen LogP contribution in [0.25, 0.3) is 11.4 Å². The SMILES string of the molecule is CN(C)c1cccc(CNc2nc(-c3ccncc3)nn2C(=O)c2ccccc2)c1. The molecule has 30 heavy (non-hydrogen) atoms. The van der Waals surface area contributed by atoms with Gasteiger partial charge in [-0.15, -0.1) is 5.10 Å². The second kappa shape index (κ2) is 8.57. The molecular formula is C23H22N6O. The van der Waals surface area contributed by atoms with Crippen molar-refractivity contribution in [2.24, 2.45) is 0 Å². The minimum atomic E-state index is -0.243. The third-order valence-electron chi connectivity index (χ3n) is 4.64. The molecule has 0 fully saturated rings. The zero-order chi connectivity index (χ0) is 20.9. The first-order valence-electron chi connectivity index (χ1n) is 9.59. The Kier molecular flexibility index (Phi) is 5.52. The molecule has 0 unspecified atom stereocenters. The highest BCUT2D eigenvalue weighted by Gasteiger charge is 2.18. The molecule has 4 aromatic rings. The number of carbonyl (C=O) groups is 1. The molecule has 0 aliphatic heterocycles. The molecule has 2 aromatic heterocycles. The molecule has 0 atom stereocenters. The molecule has 7 heteroatoms. The second-order valence-electron chi connectivity index (χ2n) is 7.00. The van der Waals surface area contributed by atoms with Gasteiger partial charge < -0.3 is 10.2 Å². The zero-order valence-electron chi connectivity index (χ0n) is 16.9. The lowest BCUT2D eigenvalue weighted by Gasteiger charge is -2.14. The third-order valence-corrected chi connectivity index (χ3v) is 4.64. The minimum Gasteiger partial charge on any atom is -0.378 e. The van der Waals surface area contributed by atoms with Crippen LogP contribution in [0, 0.1) is 0 Å². The van der Waals surface area contributed by atoms with Gasteiger partial charge in [-0.1, -0.05) is 30.3 Å². The number of carbonyl (C=O) groups excluding carboxylic acids is 1. The van der Waals surface area contributed by atoms with E-state index in [0.29, 0.717) is 23.9 Å². The molecule has 0 saturated carbocycles. The topological polar surface area (TPSA) is 75.9 Å². The Hall–Kier alpha value is -4.00. The smallest absolute Gasteiger partial charge is 0.281 e. The largest absolute Gasteiger partial charge is 0.378 e. The van der Waals surface area contributed by atoms with Crippen LogP contribution in [0.1, 0.15) is 15.9 Å². The van der Waals surface area contributed by atoms with E-state index in [1.165, 1.54) is 4.68 Å². The summed E-state index contributed by atoms with van der Waals surface area (Å²) in [5.41, 5.74) is 3.52. The van der Waals surface area contributed by atoms with Gasteiger partial charge in [0.1, 0.15) is 0 Å². The van der Waals surface area contributed by atoms with Gasteiger partial charge in [-0.2, -0.15) is 9.67 Å². The van der Waals surface area contributed by atoms with Crippen molar-refractivity contribution in [2.45, 2.75) is 6.54 Å². The molecule has 7 nitrogen and oxygen atoms in total. The Bertz CT molecular complexity index is 1140. The number of pyridine rings is 1. The predicted molar refractivity (Wildman–Crippen MR) is 118 cm³/mol. The molecule has 0 saturated heterocycles. The Morgan fingerprint density at radius 2 is 1.77 bits per heavy atom. The minimum absolute atomic E-state index is 0.243. The lowest BCUT2D eigenvalue weighted by Crippen LogP contribution is -2.17. The van der Waals surface area contributed by atoms with E-state index in [2.05, 4.69) is 26.4 Å². The van der Waals surface area contributed by atoms with Crippen molar-refractivity contribution >= 4 is 17.5 Å². The molecule has 0 bridgehead atoms. The van der Waals surface area contributed by atoms with Crippen LogP contribution in [-0.2, 0) is 6.54 Å². The number of anilines is 2. The van der Waals surface area contributed by atoms with Gasteiger partial charge in [0.05, 0.1) is 0 Å². The highest BCUT2D eigenvalue weighted by Crippen LogP contribution is 2.20. The van der Waals surface area contributed by atoms with Gasteiger partial charge in [-0.3, -0.25) is 9.78 Å². The summed E-state index contributed by atoms with van der Waals surface area (Å²) < 4.78 is 1.32. The van der Waals surface area contributed by atoms with Crippen molar-refractivity contribution < 1.29 is 4.79 Å². The normalized spacial score (nSPS) is 10.6. The van der Waals surface area contributed by atoms with E-state index >= 15 is 0 Å². The van der Waals surface area contributed by atoms with Gasteiger partial charge in [0, 0.05) is 49.8 Å². The predicted octanol–water partition coefficient (Wildman–Crippen LogP) is 3.71. The average molecular weight is 398 g/mol. The van der Waals surface area contributed by atoms with Crippen LogP contribution >= 0.6 is 0 Å². The molecule has 0 radical (unpaired) electrons. The fourth-order valence-electron chi connectivity index (χ4n) is 3.02. The standard InChI is InChI=1S/C23H22N6O/c1-28(2)20-10-6-7-17(15-20)16-25-23-26-21(18-11-13-24-14-12-18)27-29(23)22(30)19-8-4-3-5-9-19/h3-15H,16H2,1-2H3,(H,25,26,27). The van der Waals surface area contributed by atoms with Crippen LogP contribution < -0.4 is 10.2 Å². The summed E-state index contributed by atoms with van der Waals surface area (Å²) in [6.07, 6.45) is 3.35. The number of nitrogens with one attached hydrogen (secondary N) is 1. The number of aromatic nitrogens is 4. The Balaban J connectivity index is 1.66. The lowest BCUT2D eigenvalue weighted by molar-refractivity contribution is 0.0947. The van der Waals surface area contributed by atoms with Gasteiger partial charge in [-0.25, -0.2) is 0 Å². The first-order chi connectivity index (χ1) is 14.6. The van der Waals surface area contributed by atoms with Crippen LogP contribution in [0.3, 0.4) is 0 Å². The van der Waals surface area contributed by atoms with E-state index in [4.69, 9.17) is 0 Å². The maximum Gasteiger partial charge on any atom is 0.281 e. The maximum absolute atomic E-state index is 13.1. The number of rotatable bonds is 6. The van der Waals surface area contributed by atoms with Crippen LogP contribution in [0.2, 0.25) is 0 Å². The van der Waals surface area contributed by atoms with Gasteiger partial charge in [0.2, 0.25) is 5.95 Å². The lowest BCUT2D eigenvalue weighted by atomic mass is 10.2. The summed E-state index contributed by atoms with van der Waals surface area (Å²) in [5.74, 6) is 0.616. The Morgan fingerprint density at radius 3 is 2.50 bits per heavy atom. The van der Waals surface area contributed by atoms with E-state index in [0.717, 1.165) is 16.8 Å². The van der Waals surface area contributed by atoms with Crippen LogP contribution in [0.4, 0.5) is 11.6 Å². The highest BCUT2D eigenvalue weighted by molar-refractivity contribution is 5.97. The highest BCUT2D eigenvalue weighted by atomic mass is 16.2. The molecule has 0 aliphatic carbocycles. The summed E-state index contributed by atoms with van der Waals surface area (Å²) in [7, 11) is 4.01. The van der Waals surface area contributed by atoms with E-state index in [1.807, 2.05) is 67.5 Å². The van der Waals surface area contributed by atoms with Gasteiger partial charge >= 0.3 is 0 Å².